The first-order valence-electron chi connectivity index (χ1n) is 11.4. The number of nitrogens with one attached hydrogen (secondary N) is 1. The number of alkyl halides is 2. The normalized spacial score (nSPS) is 11.6. The number of aromatic nitrogens is 3. The SMILES string of the molecule is O=C(Nc1nn(C(c2ccccc2)(c2ccccc2)c2ccccc2)c2cc(Cl)ncc12)OCC(F)F. The Labute approximate surface area is 216 Å². The molecule has 0 radical (unpaired) electrons. The molecule has 6 nitrogen and oxygen atoms in total. The minimum atomic E-state index is -2.79. The van der Waals surface area contributed by atoms with Crippen LogP contribution in [0.15, 0.2) is 103 Å². The quantitative estimate of drug-likeness (QED) is 0.191. The van der Waals surface area contributed by atoms with E-state index in [1.807, 2.05) is 91.0 Å². The van der Waals surface area contributed by atoms with Gasteiger partial charge in [-0.1, -0.05) is 103 Å². The van der Waals surface area contributed by atoms with Gasteiger partial charge in [-0.2, -0.15) is 5.10 Å². The van der Waals surface area contributed by atoms with E-state index in [9.17, 15) is 13.6 Å². The fraction of sp³-hybridized carbons (Fsp3) is 0.107. The molecule has 1 amide bonds. The summed E-state index contributed by atoms with van der Waals surface area (Å²) in [6, 6.07) is 31.1. The van der Waals surface area contributed by atoms with Crippen LogP contribution < -0.4 is 5.32 Å². The van der Waals surface area contributed by atoms with Gasteiger partial charge in [0.2, 0.25) is 0 Å². The number of carbonyl (C=O) groups excluding carboxylic acids is 1. The Balaban J connectivity index is 1.82. The van der Waals surface area contributed by atoms with Gasteiger partial charge in [-0.15, -0.1) is 0 Å². The van der Waals surface area contributed by atoms with E-state index >= 15 is 0 Å². The number of anilines is 1. The lowest BCUT2D eigenvalue weighted by molar-refractivity contribution is 0.0547. The van der Waals surface area contributed by atoms with Gasteiger partial charge >= 0.3 is 6.09 Å². The second-order valence-electron chi connectivity index (χ2n) is 8.21. The molecule has 0 aliphatic heterocycles. The number of benzene rings is 3. The van der Waals surface area contributed by atoms with E-state index in [0.717, 1.165) is 16.7 Å². The average Bonchev–Trinajstić information content (AvgIpc) is 3.27. The van der Waals surface area contributed by atoms with Crippen LogP contribution in [0.3, 0.4) is 0 Å². The van der Waals surface area contributed by atoms with Crippen molar-refractivity contribution >= 4 is 34.4 Å². The molecule has 2 heterocycles. The van der Waals surface area contributed by atoms with Gasteiger partial charge in [-0.05, 0) is 16.7 Å². The van der Waals surface area contributed by atoms with Gasteiger partial charge < -0.3 is 4.74 Å². The van der Waals surface area contributed by atoms with Crippen LogP contribution in [-0.2, 0) is 10.3 Å². The summed E-state index contributed by atoms with van der Waals surface area (Å²) in [6.07, 6.45) is -2.36. The summed E-state index contributed by atoms with van der Waals surface area (Å²) in [7, 11) is 0. The van der Waals surface area contributed by atoms with Crippen molar-refractivity contribution in [2.45, 2.75) is 12.0 Å². The first-order valence-corrected chi connectivity index (χ1v) is 11.8. The Morgan fingerprint density at radius 1 is 0.919 bits per heavy atom. The molecule has 5 aromatic rings. The van der Waals surface area contributed by atoms with Crippen molar-refractivity contribution in [1.29, 1.82) is 0 Å². The van der Waals surface area contributed by atoms with Crippen LogP contribution >= 0.6 is 11.6 Å². The van der Waals surface area contributed by atoms with Crippen LogP contribution in [0, 0.1) is 0 Å². The molecule has 3 aromatic carbocycles. The van der Waals surface area contributed by atoms with Crippen molar-refractivity contribution in [3.8, 4) is 0 Å². The number of fused-ring (bicyclic) bond motifs is 1. The molecule has 0 aliphatic carbocycles. The van der Waals surface area contributed by atoms with Crippen molar-refractivity contribution in [3.05, 3.63) is 125 Å². The predicted molar refractivity (Wildman–Crippen MR) is 138 cm³/mol. The van der Waals surface area contributed by atoms with Gasteiger partial charge in [0, 0.05) is 12.3 Å². The van der Waals surface area contributed by atoms with Gasteiger partial charge in [0.05, 0.1) is 10.9 Å². The number of nitrogens with zero attached hydrogens (tertiary/aromatic N) is 3. The fourth-order valence-corrected chi connectivity index (χ4v) is 4.66. The Morgan fingerprint density at radius 2 is 1.43 bits per heavy atom. The molecule has 186 valence electrons. The molecule has 37 heavy (non-hydrogen) atoms. The Morgan fingerprint density at radius 3 is 1.92 bits per heavy atom. The number of rotatable bonds is 7. The highest BCUT2D eigenvalue weighted by Gasteiger charge is 2.41. The number of pyridine rings is 1. The van der Waals surface area contributed by atoms with Crippen LogP contribution in [0.1, 0.15) is 16.7 Å². The molecule has 0 aliphatic rings. The van der Waals surface area contributed by atoms with Crippen molar-refractivity contribution < 1.29 is 18.3 Å². The standard InChI is InChI=1S/C28H21ClF2N4O2/c29-24-16-23-22(17-32-24)26(33-27(36)37-18-25(30)31)34-35(23)28(19-10-4-1-5-11-19,20-12-6-2-7-13-20)21-14-8-3-9-15-21/h1-17,25H,18H2,(H,33,34,36). The van der Waals surface area contributed by atoms with E-state index in [1.165, 1.54) is 6.20 Å². The Bertz CT molecular complexity index is 1420. The largest absolute Gasteiger partial charge is 0.443 e. The average molecular weight is 519 g/mol. The van der Waals surface area contributed by atoms with Crippen molar-refractivity contribution in [2.75, 3.05) is 11.9 Å². The minimum absolute atomic E-state index is 0.102. The first kappa shape index (κ1) is 24.4. The monoisotopic (exact) mass is 518 g/mol. The molecule has 0 saturated heterocycles. The van der Waals surface area contributed by atoms with Crippen molar-refractivity contribution in [3.63, 3.8) is 0 Å². The molecule has 0 bridgehead atoms. The van der Waals surface area contributed by atoms with Crippen LogP contribution in [0.5, 0.6) is 0 Å². The maximum atomic E-state index is 12.6. The van der Waals surface area contributed by atoms with Crippen molar-refractivity contribution in [2.24, 2.45) is 0 Å². The van der Waals surface area contributed by atoms with Crippen LogP contribution in [0.2, 0.25) is 5.15 Å². The molecule has 0 fully saturated rings. The molecular weight excluding hydrogens is 498 g/mol. The van der Waals surface area contributed by atoms with E-state index in [4.69, 9.17) is 16.7 Å². The molecule has 0 atom stereocenters. The molecule has 1 N–H and O–H groups in total. The zero-order valence-electron chi connectivity index (χ0n) is 19.4. The topological polar surface area (TPSA) is 69.0 Å². The maximum Gasteiger partial charge on any atom is 0.413 e. The van der Waals surface area contributed by atoms with Gasteiger partial charge in [0.1, 0.15) is 10.7 Å². The molecule has 0 spiro atoms. The number of halogens is 3. The second kappa shape index (κ2) is 10.4. The lowest BCUT2D eigenvalue weighted by Gasteiger charge is -2.37. The first-order chi connectivity index (χ1) is 18.0. The number of ether oxygens (including phenoxy) is 1. The number of carbonyl (C=O) groups is 1. The summed E-state index contributed by atoms with van der Waals surface area (Å²) < 4.78 is 31.6. The molecule has 0 saturated carbocycles. The van der Waals surface area contributed by atoms with Crippen LogP contribution in [0.4, 0.5) is 19.4 Å². The third kappa shape index (κ3) is 4.63. The maximum absolute atomic E-state index is 12.6. The highest BCUT2D eigenvalue weighted by molar-refractivity contribution is 6.30. The lowest BCUT2D eigenvalue weighted by atomic mass is 9.77. The zero-order chi connectivity index (χ0) is 25.8. The summed E-state index contributed by atoms with van der Waals surface area (Å²) in [5.74, 6) is 0.102. The predicted octanol–water partition coefficient (Wildman–Crippen LogP) is 6.74. The molecule has 0 unspecified atom stereocenters. The minimum Gasteiger partial charge on any atom is -0.443 e. The molecule has 5 rings (SSSR count). The number of amides is 1. The van der Waals surface area contributed by atoms with E-state index in [1.54, 1.807) is 10.7 Å². The number of hydrogen-bond acceptors (Lipinski definition) is 4. The van der Waals surface area contributed by atoms with E-state index in [2.05, 4.69) is 15.0 Å². The third-order valence-corrected chi connectivity index (χ3v) is 6.19. The van der Waals surface area contributed by atoms with Gasteiger partial charge in [0.15, 0.2) is 12.4 Å². The van der Waals surface area contributed by atoms with Gasteiger partial charge in [-0.25, -0.2) is 23.2 Å². The molecule has 9 heteroatoms. The van der Waals surface area contributed by atoms with Gasteiger partial charge in [-0.3, -0.25) is 5.32 Å². The van der Waals surface area contributed by atoms with E-state index in [-0.39, 0.29) is 11.0 Å². The van der Waals surface area contributed by atoms with Crippen molar-refractivity contribution in [1.82, 2.24) is 14.8 Å². The number of hydrogen-bond donors (Lipinski definition) is 1. The van der Waals surface area contributed by atoms with Gasteiger partial charge in [0.25, 0.3) is 6.43 Å². The Hall–Kier alpha value is -4.30. The van der Waals surface area contributed by atoms with E-state index < -0.39 is 24.7 Å². The second-order valence-corrected chi connectivity index (χ2v) is 8.59. The third-order valence-electron chi connectivity index (χ3n) is 5.99. The van der Waals surface area contributed by atoms with Crippen LogP contribution in [0.25, 0.3) is 10.9 Å². The summed E-state index contributed by atoms with van der Waals surface area (Å²) in [6.45, 7) is -1.03. The smallest absolute Gasteiger partial charge is 0.413 e. The molecule has 2 aromatic heterocycles. The molecular formula is C28H21ClF2N4O2. The Kier molecular flexibility index (Phi) is 6.83. The summed E-state index contributed by atoms with van der Waals surface area (Å²) >= 11 is 6.33. The lowest BCUT2D eigenvalue weighted by Crippen LogP contribution is -2.38. The highest BCUT2D eigenvalue weighted by Crippen LogP contribution is 2.43. The fourth-order valence-electron chi connectivity index (χ4n) is 4.51. The van der Waals surface area contributed by atoms with E-state index in [0.29, 0.717) is 10.9 Å². The zero-order valence-corrected chi connectivity index (χ0v) is 20.1. The summed E-state index contributed by atoms with van der Waals surface area (Å²) in [5.41, 5.74) is 2.27. The van der Waals surface area contributed by atoms with Crippen LogP contribution in [-0.4, -0.2) is 33.9 Å². The highest BCUT2D eigenvalue weighted by atomic mass is 35.5. The summed E-state index contributed by atoms with van der Waals surface area (Å²) in [4.78, 5) is 16.5. The summed E-state index contributed by atoms with van der Waals surface area (Å²) in [5, 5.41) is 8.00.